The predicted molar refractivity (Wildman–Crippen MR) is 66.6 cm³/mol. The average molecular weight is 250 g/mol. The second kappa shape index (κ2) is 4.94. The third-order valence-electron chi connectivity index (χ3n) is 3.22. The number of aliphatic hydroxyl groups is 1. The van der Waals surface area contributed by atoms with Crippen LogP contribution >= 0.6 is 0 Å². The van der Waals surface area contributed by atoms with E-state index in [-0.39, 0.29) is 24.3 Å². The molecule has 18 heavy (non-hydrogen) atoms. The summed E-state index contributed by atoms with van der Waals surface area (Å²) in [6.07, 6.45) is 3.66. The molecule has 0 radical (unpaired) electrons. The molecule has 1 aromatic rings. The summed E-state index contributed by atoms with van der Waals surface area (Å²) >= 11 is 0. The van der Waals surface area contributed by atoms with E-state index in [0.29, 0.717) is 17.8 Å². The number of Topliss-reactive ketones (excluding diaryl/α,β-unsaturated/α-hetero) is 1. The van der Waals surface area contributed by atoms with E-state index in [0.717, 1.165) is 12.8 Å². The molecule has 1 aliphatic carbocycles. The summed E-state index contributed by atoms with van der Waals surface area (Å²) in [5, 5.41) is 9.02. The van der Waals surface area contributed by atoms with Crippen molar-refractivity contribution in [3.8, 4) is 0 Å². The number of hydrogen-bond donors (Lipinski definition) is 1. The van der Waals surface area contributed by atoms with Gasteiger partial charge in [0, 0.05) is 31.4 Å². The monoisotopic (exact) mass is 250 g/mol. The standard InChI is InChI=1S/C13H18N2O3/c1-9(17)10-7-12(14(2)8-10)13(18)15(5-6-16)11-3-4-11/h7-8,11,16H,3-6H2,1-2H3. The van der Waals surface area contributed by atoms with Crippen LogP contribution in [0.15, 0.2) is 12.3 Å². The molecule has 1 aromatic heterocycles. The number of ketones is 1. The summed E-state index contributed by atoms with van der Waals surface area (Å²) in [4.78, 5) is 25.3. The van der Waals surface area contributed by atoms with E-state index in [1.54, 1.807) is 28.8 Å². The first kappa shape index (κ1) is 12.8. The van der Waals surface area contributed by atoms with Crippen molar-refractivity contribution in [2.24, 2.45) is 7.05 Å². The molecule has 1 heterocycles. The number of carbonyl (C=O) groups is 2. The van der Waals surface area contributed by atoms with Crippen molar-refractivity contribution in [2.45, 2.75) is 25.8 Å². The Bertz CT molecular complexity index is 475. The van der Waals surface area contributed by atoms with Gasteiger partial charge in [-0.15, -0.1) is 0 Å². The summed E-state index contributed by atoms with van der Waals surface area (Å²) < 4.78 is 1.67. The summed E-state index contributed by atoms with van der Waals surface area (Å²) in [5.74, 6) is -0.161. The molecule has 0 spiro atoms. The maximum absolute atomic E-state index is 12.4. The molecule has 1 saturated carbocycles. The Balaban J connectivity index is 2.23. The summed E-state index contributed by atoms with van der Waals surface area (Å²) in [6.45, 7) is 1.80. The number of aryl methyl sites for hydroxylation is 1. The lowest BCUT2D eigenvalue weighted by atomic mass is 10.2. The van der Waals surface area contributed by atoms with Gasteiger partial charge in [0.2, 0.25) is 0 Å². The van der Waals surface area contributed by atoms with Gasteiger partial charge in [-0.2, -0.15) is 0 Å². The second-order valence-electron chi connectivity index (χ2n) is 4.73. The van der Waals surface area contributed by atoms with E-state index in [1.165, 1.54) is 6.92 Å². The quantitative estimate of drug-likeness (QED) is 0.787. The average Bonchev–Trinajstić information content (AvgIpc) is 3.07. The van der Waals surface area contributed by atoms with Crippen molar-refractivity contribution < 1.29 is 14.7 Å². The van der Waals surface area contributed by atoms with Crippen molar-refractivity contribution in [1.82, 2.24) is 9.47 Å². The molecule has 2 rings (SSSR count). The van der Waals surface area contributed by atoms with Crippen LogP contribution in [0.2, 0.25) is 0 Å². The van der Waals surface area contributed by atoms with Gasteiger partial charge in [0.05, 0.1) is 6.61 Å². The van der Waals surface area contributed by atoms with Gasteiger partial charge in [0.1, 0.15) is 5.69 Å². The molecule has 0 unspecified atom stereocenters. The molecule has 1 N–H and O–H groups in total. The minimum atomic E-state index is -0.110. The van der Waals surface area contributed by atoms with Crippen LogP contribution in [0.5, 0.6) is 0 Å². The molecule has 1 fully saturated rings. The lowest BCUT2D eigenvalue weighted by molar-refractivity contribution is 0.0698. The van der Waals surface area contributed by atoms with Crippen LogP contribution in [0.3, 0.4) is 0 Å². The molecule has 0 bridgehead atoms. The van der Waals surface area contributed by atoms with Crippen LogP contribution in [0.1, 0.15) is 40.6 Å². The Labute approximate surface area is 106 Å². The van der Waals surface area contributed by atoms with Crippen molar-refractivity contribution >= 4 is 11.7 Å². The molecule has 1 amide bonds. The minimum Gasteiger partial charge on any atom is -0.395 e. The zero-order valence-corrected chi connectivity index (χ0v) is 10.7. The fourth-order valence-electron chi connectivity index (χ4n) is 2.06. The van der Waals surface area contributed by atoms with Crippen LogP contribution in [0, 0.1) is 0 Å². The smallest absolute Gasteiger partial charge is 0.270 e. The maximum Gasteiger partial charge on any atom is 0.270 e. The Kier molecular flexibility index (Phi) is 3.52. The molecule has 0 atom stereocenters. The molecule has 0 saturated heterocycles. The maximum atomic E-state index is 12.4. The first-order chi connectivity index (χ1) is 8.54. The summed E-state index contributed by atoms with van der Waals surface area (Å²) in [6, 6.07) is 1.87. The molecule has 5 heteroatoms. The highest BCUT2D eigenvalue weighted by Crippen LogP contribution is 2.28. The van der Waals surface area contributed by atoms with Crippen molar-refractivity contribution in [3.05, 3.63) is 23.5 Å². The molecule has 98 valence electrons. The third kappa shape index (κ3) is 2.46. The second-order valence-corrected chi connectivity index (χ2v) is 4.73. The van der Waals surface area contributed by atoms with Crippen LogP contribution in [0.25, 0.3) is 0 Å². The summed E-state index contributed by atoms with van der Waals surface area (Å²) in [5.41, 5.74) is 1.04. The van der Waals surface area contributed by atoms with Gasteiger partial charge in [-0.3, -0.25) is 9.59 Å². The zero-order valence-electron chi connectivity index (χ0n) is 10.7. The fraction of sp³-hybridized carbons (Fsp3) is 0.538. The highest BCUT2D eigenvalue weighted by molar-refractivity contribution is 5.99. The van der Waals surface area contributed by atoms with Gasteiger partial charge in [-0.1, -0.05) is 0 Å². The van der Waals surface area contributed by atoms with Gasteiger partial charge >= 0.3 is 0 Å². The normalized spacial score (nSPS) is 14.6. The van der Waals surface area contributed by atoms with E-state index in [9.17, 15) is 9.59 Å². The number of carbonyl (C=O) groups excluding carboxylic acids is 2. The number of hydrogen-bond acceptors (Lipinski definition) is 3. The molecule has 5 nitrogen and oxygen atoms in total. The highest BCUT2D eigenvalue weighted by atomic mass is 16.3. The molecule has 1 aliphatic rings. The largest absolute Gasteiger partial charge is 0.395 e. The van der Waals surface area contributed by atoms with Crippen LogP contribution in [0.4, 0.5) is 0 Å². The van der Waals surface area contributed by atoms with Crippen LogP contribution in [-0.4, -0.2) is 45.5 Å². The lowest BCUT2D eigenvalue weighted by Crippen LogP contribution is -2.36. The van der Waals surface area contributed by atoms with Gasteiger partial charge < -0.3 is 14.6 Å². The van der Waals surface area contributed by atoms with Crippen LogP contribution < -0.4 is 0 Å². The number of nitrogens with zero attached hydrogens (tertiary/aromatic N) is 2. The molecular formula is C13H18N2O3. The van der Waals surface area contributed by atoms with Crippen molar-refractivity contribution in [3.63, 3.8) is 0 Å². The van der Waals surface area contributed by atoms with Crippen LogP contribution in [-0.2, 0) is 7.05 Å². The van der Waals surface area contributed by atoms with Gasteiger partial charge in [0.15, 0.2) is 5.78 Å². The number of aliphatic hydroxyl groups excluding tert-OH is 1. The topological polar surface area (TPSA) is 62.5 Å². The lowest BCUT2D eigenvalue weighted by Gasteiger charge is -2.21. The molecule has 0 aliphatic heterocycles. The first-order valence-electron chi connectivity index (χ1n) is 6.13. The Hall–Kier alpha value is -1.62. The SMILES string of the molecule is CC(=O)c1cc(C(=O)N(CCO)C2CC2)n(C)c1. The van der Waals surface area contributed by atoms with Gasteiger partial charge in [0.25, 0.3) is 5.91 Å². The minimum absolute atomic E-state index is 0.0355. The zero-order chi connectivity index (χ0) is 13.3. The fourth-order valence-corrected chi connectivity index (χ4v) is 2.06. The Morgan fingerprint density at radius 2 is 2.17 bits per heavy atom. The van der Waals surface area contributed by atoms with Gasteiger partial charge in [-0.25, -0.2) is 0 Å². The number of aromatic nitrogens is 1. The highest BCUT2D eigenvalue weighted by Gasteiger charge is 2.33. The van der Waals surface area contributed by atoms with E-state index >= 15 is 0 Å². The number of amides is 1. The predicted octanol–water partition coefficient (Wildman–Crippen LogP) is 0.825. The van der Waals surface area contributed by atoms with Gasteiger partial charge in [-0.05, 0) is 25.8 Å². The Morgan fingerprint density at radius 1 is 1.50 bits per heavy atom. The molecule has 0 aromatic carbocycles. The Morgan fingerprint density at radius 3 is 2.61 bits per heavy atom. The first-order valence-corrected chi connectivity index (χ1v) is 6.13. The van der Waals surface area contributed by atoms with E-state index in [4.69, 9.17) is 5.11 Å². The number of rotatable bonds is 5. The third-order valence-corrected chi connectivity index (χ3v) is 3.22. The van der Waals surface area contributed by atoms with Crippen molar-refractivity contribution in [2.75, 3.05) is 13.2 Å². The van der Waals surface area contributed by atoms with E-state index < -0.39 is 0 Å². The molecular weight excluding hydrogens is 232 g/mol. The van der Waals surface area contributed by atoms with E-state index in [2.05, 4.69) is 0 Å². The van der Waals surface area contributed by atoms with Crippen molar-refractivity contribution in [1.29, 1.82) is 0 Å². The summed E-state index contributed by atoms with van der Waals surface area (Å²) in [7, 11) is 1.75. The van der Waals surface area contributed by atoms with E-state index in [1.807, 2.05) is 0 Å².